The molecule has 0 atom stereocenters. The van der Waals surface area contributed by atoms with E-state index in [-0.39, 0.29) is 0 Å². The second kappa shape index (κ2) is 5.61. The predicted molar refractivity (Wildman–Crippen MR) is 89.4 cm³/mol. The van der Waals surface area contributed by atoms with Crippen LogP contribution >= 0.6 is 0 Å². The highest BCUT2D eigenvalue weighted by Crippen LogP contribution is 2.11. The van der Waals surface area contributed by atoms with Crippen LogP contribution in [0.1, 0.15) is 33.6 Å². The third-order valence-electron chi connectivity index (χ3n) is 3.46. The van der Waals surface area contributed by atoms with E-state index in [1.165, 1.54) is 0 Å². The maximum Gasteiger partial charge on any atom is 0.147 e. The highest BCUT2D eigenvalue weighted by Gasteiger charge is 2.02. The maximum absolute atomic E-state index is 4.25. The smallest absolute Gasteiger partial charge is 0.147 e. The van der Waals surface area contributed by atoms with E-state index in [1.54, 1.807) is 6.33 Å². The number of nitrogens with one attached hydrogen (secondary N) is 1. The number of H-pyrrole nitrogens is 1. The van der Waals surface area contributed by atoms with Gasteiger partial charge in [0, 0.05) is 22.3 Å². The average molecular weight is 290 g/mol. The second-order valence-electron chi connectivity index (χ2n) is 4.97. The molecule has 0 saturated carbocycles. The highest BCUT2D eigenvalue weighted by atomic mass is 14.9. The molecule has 1 N–H and O–H groups in total. The molecule has 2 aromatic carbocycles. The number of imidazole rings is 1. The van der Waals surface area contributed by atoms with Crippen LogP contribution in [0.15, 0.2) is 54.9 Å². The standard InChI is InChI=1S/C21H10N2/c1-3-7-18-11-13-20-21(23-15-22-20)14-12-19-8-4-2-6-17(19)10-9-16(18)5-1/h1-8,15H,(H,22,23). The van der Waals surface area contributed by atoms with Crippen LogP contribution in [0, 0.1) is 35.5 Å². The van der Waals surface area contributed by atoms with Crippen molar-refractivity contribution in [2.45, 2.75) is 0 Å². The molecule has 3 aromatic rings. The molecule has 0 unspecified atom stereocenters. The lowest BCUT2D eigenvalue weighted by atomic mass is 10.0. The number of aromatic nitrogens is 2. The zero-order valence-electron chi connectivity index (χ0n) is 12.1. The fourth-order valence-electron chi connectivity index (χ4n) is 2.28. The van der Waals surface area contributed by atoms with Crippen molar-refractivity contribution < 1.29 is 0 Å². The first kappa shape index (κ1) is 13.0. The number of aromatic amines is 1. The molecule has 104 valence electrons. The van der Waals surface area contributed by atoms with E-state index in [9.17, 15) is 0 Å². The van der Waals surface area contributed by atoms with Crippen LogP contribution in [-0.2, 0) is 0 Å². The van der Waals surface area contributed by atoms with Crippen LogP contribution in [0.25, 0.3) is 0 Å². The van der Waals surface area contributed by atoms with Gasteiger partial charge in [0.25, 0.3) is 0 Å². The van der Waals surface area contributed by atoms with Crippen LogP contribution in [-0.4, -0.2) is 9.97 Å². The summed E-state index contributed by atoms with van der Waals surface area (Å²) in [7, 11) is 0. The number of nitrogens with zero attached hydrogens (tertiary/aromatic N) is 1. The second-order valence-corrected chi connectivity index (χ2v) is 4.97. The summed E-state index contributed by atoms with van der Waals surface area (Å²) in [6.45, 7) is 0. The lowest BCUT2D eigenvalue weighted by Crippen LogP contribution is -1.88. The van der Waals surface area contributed by atoms with E-state index in [0.29, 0.717) is 5.69 Å². The van der Waals surface area contributed by atoms with Crippen molar-refractivity contribution in [3.8, 4) is 35.5 Å². The minimum Gasteiger partial charge on any atom is -0.337 e. The van der Waals surface area contributed by atoms with Gasteiger partial charge in [-0.15, -0.1) is 0 Å². The van der Waals surface area contributed by atoms with Crippen molar-refractivity contribution in [2.24, 2.45) is 0 Å². The van der Waals surface area contributed by atoms with Crippen molar-refractivity contribution in [2.75, 3.05) is 0 Å². The van der Waals surface area contributed by atoms with E-state index in [1.807, 2.05) is 48.5 Å². The number of rotatable bonds is 0. The maximum atomic E-state index is 4.25. The molecular formula is C21H10N2. The number of hydrogen-bond donors (Lipinski definition) is 1. The van der Waals surface area contributed by atoms with Crippen LogP contribution in [0.2, 0.25) is 0 Å². The number of benzene rings is 2. The van der Waals surface area contributed by atoms with Crippen LogP contribution in [0.4, 0.5) is 0 Å². The summed E-state index contributed by atoms with van der Waals surface area (Å²) in [4.78, 5) is 7.29. The van der Waals surface area contributed by atoms with Gasteiger partial charge >= 0.3 is 0 Å². The van der Waals surface area contributed by atoms with Gasteiger partial charge in [-0.1, -0.05) is 47.9 Å². The summed E-state index contributed by atoms with van der Waals surface area (Å²) in [5.74, 6) is 18.9. The first-order valence-corrected chi connectivity index (χ1v) is 7.18. The summed E-state index contributed by atoms with van der Waals surface area (Å²) >= 11 is 0. The summed E-state index contributed by atoms with van der Waals surface area (Å²) in [6, 6.07) is 15.7. The molecule has 0 fully saturated rings. The van der Waals surface area contributed by atoms with Crippen molar-refractivity contribution in [3.05, 3.63) is 88.5 Å². The van der Waals surface area contributed by atoms with Gasteiger partial charge in [0.2, 0.25) is 0 Å². The van der Waals surface area contributed by atoms with Crippen molar-refractivity contribution >= 4 is 0 Å². The van der Waals surface area contributed by atoms with Gasteiger partial charge in [-0.25, -0.2) is 4.98 Å². The largest absolute Gasteiger partial charge is 0.337 e. The SMILES string of the molecule is C1#Cc2ccccc2C#Cc2[nH]cnc2C#Cc2ccccc21. The third-order valence-corrected chi connectivity index (χ3v) is 3.46. The van der Waals surface area contributed by atoms with Gasteiger partial charge in [0.05, 0.1) is 6.33 Å². The third kappa shape index (κ3) is 2.60. The Morgan fingerprint density at radius 3 is 1.65 bits per heavy atom. The van der Waals surface area contributed by atoms with E-state index >= 15 is 0 Å². The summed E-state index contributed by atoms with van der Waals surface area (Å²) in [5.41, 5.74) is 4.97. The molecule has 0 spiro atoms. The first-order valence-electron chi connectivity index (χ1n) is 7.18. The summed E-state index contributed by atoms with van der Waals surface area (Å²) in [5, 5.41) is 0. The molecule has 1 aliphatic carbocycles. The molecule has 1 heterocycles. The summed E-state index contributed by atoms with van der Waals surface area (Å²) in [6.07, 6.45) is 1.61. The van der Waals surface area contributed by atoms with E-state index in [4.69, 9.17) is 0 Å². The molecule has 0 amide bonds. The summed E-state index contributed by atoms with van der Waals surface area (Å²) < 4.78 is 0. The Morgan fingerprint density at radius 2 is 1.09 bits per heavy atom. The lowest BCUT2D eigenvalue weighted by Gasteiger charge is -1.98. The van der Waals surface area contributed by atoms with Crippen molar-refractivity contribution in [1.82, 2.24) is 9.97 Å². The monoisotopic (exact) mass is 290 g/mol. The minimum atomic E-state index is 0.651. The van der Waals surface area contributed by atoms with Crippen LogP contribution in [0.5, 0.6) is 0 Å². The highest BCUT2D eigenvalue weighted by molar-refractivity contribution is 5.59. The van der Waals surface area contributed by atoms with Gasteiger partial charge in [-0.2, -0.15) is 0 Å². The number of fused-ring (bicyclic) bond motifs is 3. The molecule has 23 heavy (non-hydrogen) atoms. The fourth-order valence-corrected chi connectivity index (χ4v) is 2.28. The first-order chi connectivity index (χ1) is 11.4. The normalized spacial score (nSPS) is 10.6. The Balaban J connectivity index is 2.01. The Morgan fingerprint density at radius 1 is 0.609 bits per heavy atom. The van der Waals surface area contributed by atoms with Gasteiger partial charge in [0.1, 0.15) is 11.4 Å². The zero-order valence-corrected chi connectivity index (χ0v) is 12.1. The molecule has 2 heteroatoms. The molecule has 0 radical (unpaired) electrons. The van der Waals surface area contributed by atoms with E-state index in [0.717, 1.165) is 27.9 Å². The van der Waals surface area contributed by atoms with Gasteiger partial charge < -0.3 is 4.98 Å². The molecule has 1 aromatic heterocycles. The zero-order chi connectivity index (χ0) is 15.5. The van der Waals surface area contributed by atoms with Gasteiger partial charge in [-0.3, -0.25) is 0 Å². The van der Waals surface area contributed by atoms with E-state index < -0.39 is 0 Å². The number of hydrogen-bond acceptors (Lipinski definition) is 1. The van der Waals surface area contributed by atoms with Gasteiger partial charge in [0.15, 0.2) is 0 Å². The predicted octanol–water partition coefficient (Wildman–Crippen LogP) is 2.92. The Bertz CT molecular complexity index is 999. The van der Waals surface area contributed by atoms with Gasteiger partial charge in [-0.05, 0) is 36.1 Å². The molecule has 0 bridgehead atoms. The molecule has 1 aliphatic rings. The molecule has 0 saturated heterocycles. The quantitative estimate of drug-likeness (QED) is 0.496. The molecule has 2 nitrogen and oxygen atoms in total. The van der Waals surface area contributed by atoms with Crippen molar-refractivity contribution in [1.29, 1.82) is 0 Å². The fraction of sp³-hybridized carbons (Fsp3) is 0. The Labute approximate surface area is 134 Å². The molecule has 0 aliphatic heterocycles. The van der Waals surface area contributed by atoms with Crippen LogP contribution < -0.4 is 0 Å². The van der Waals surface area contributed by atoms with E-state index in [2.05, 4.69) is 45.5 Å². The Kier molecular flexibility index (Phi) is 3.18. The topological polar surface area (TPSA) is 28.7 Å². The Hall–Kier alpha value is -3.67. The molecular weight excluding hydrogens is 280 g/mol. The minimum absolute atomic E-state index is 0.651. The molecule has 4 rings (SSSR count). The average Bonchev–Trinajstić information content (AvgIpc) is 3.04. The lowest BCUT2D eigenvalue weighted by molar-refractivity contribution is 1.30. The van der Waals surface area contributed by atoms with Crippen molar-refractivity contribution in [3.63, 3.8) is 0 Å². The van der Waals surface area contributed by atoms with Crippen LogP contribution in [0.3, 0.4) is 0 Å².